The van der Waals surface area contributed by atoms with Gasteiger partial charge in [-0.15, -0.1) is 0 Å². The van der Waals surface area contributed by atoms with E-state index in [0.29, 0.717) is 41.1 Å². The first kappa shape index (κ1) is 31.1. The molecular formula is C34H38N6O5. The molecule has 5 rings (SSSR count). The number of carbonyl (C=O) groups excluding carboxylic acids is 3. The first-order valence-electron chi connectivity index (χ1n) is 14.8. The summed E-state index contributed by atoms with van der Waals surface area (Å²) in [4.78, 5) is 58.4. The highest BCUT2D eigenvalue weighted by molar-refractivity contribution is 5.95. The van der Waals surface area contributed by atoms with Gasteiger partial charge in [-0.1, -0.05) is 37.3 Å². The lowest BCUT2D eigenvalue weighted by Gasteiger charge is -2.24. The van der Waals surface area contributed by atoms with E-state index in [1.165, 1.54) is 0 Å². The van der Waals surface area contributed by atoms with Crippen LogP contribution < -0.4 is 21.1 Å². The fourth-order valence-corrected chi connectivity index (χ4v) is 5.46. The third kappa shape index (κ3) is 7.26. The highest BCUT2D eigenvalue weighted by Gasteiger charge is 2.29. The summed E-state index contributed by atoms with van der Waals surface area (Å²) in [6.07, 6.45) is 1.01. The molecule has 1 saturated heterocycles. The smallest absolute Gasteiger partial charge is 0.411 e. The Morgan fingerprint density at radius 3 is 2.56 bits per heavy atom. The average molecular weight is 611 g/mol. The minimum absolute atomic E-state index is 0.00317. The predicted octanol–water partition coefficient (Wildman–Crippen LogP) is 5.13. The standard InChI is InChI=1S/C34H38N6O5/c1-22-7-5-6-8-28(22)23(2)21-45-33(43)37-27-11-12-30(40-16-15-38(3)34(40)44)25(17-27)20-39(4)31(41)19-36-26-10-9-24-13-14-35-32(42)29(24)18-26/h5-14,17-18,23,36H,15-16,19-21H2,1-4H3,(H,35,42)(H,37,43). The van der Waals surface area contributed by atoms with Crippen molar-refractivity contribution in [2.75, 3.05) is 55.9 Å². The fraction of sp³-hybridized carbons (Fsp3) is 0.294. The molecule has 11 nitrogen and oxygen atoms in total. The number of ether oxygens (including phenoxy) is 1. The SMILES string of the molecule is Cc1ccccc1C(C)COC(=O)Nc1ccc(N2CCN(C)C2=O)c(CN(C)C(=O)CNc2ccc3cc[nH]c(=O)c3c2)c1. The monoisotopic (exact) mass is 610 g/mol. The van der Waals surface area contributed by atoms with Crippen LogP contribution in [0.3, 0.4) is 0 Å². The normalized spacial score (nSPS) is 13.6. The van der Waals surface area contributed by atoms with E-state index in [0.717, 1.165) is 16.5 Å². The Hall–Kier alpha value is -5.32. The lowest BCUT2D eigenvalue weighted by Crippen LogP contribution is -2.34. The molecule has 3 aromatic carbocycles. The van der Waals surface area contributed by atoms with Crippen LogP contribution in [0, 0.1) is 6.92 Å². The van der Waals surface area contributed by atoms with E-state index < -0.39 is 6.09 Å². The van der Waals surface area contributed by atoms with Crippen molar-refractivity contribution < 1.29 is 19.1 Å². The number of H-pyrrole nitrogens is 1. The maximum absolute atomic E-state index is 13.2. The number of hydrogen-bond donors (Lipinski definition) is 3. The highest BCUT2D eigenvalue weighted by Crippen LogP contribution is 2.29. The topological polar surface area (TPSA) is 127 Å². The molecule has 2 heterocycles. The minimum Gasteiger partial charge on any atom is -0.449 e. The number of aromatic nitrogens is 1. The van der Waals surface area contributed by atoms with Gasteiger partial charge in [0.2, 0.25) is 5.91 Å². The van der Waals surface area contributed by atoms with Crippen LogP contribution >= 0.6 is 0 Å². The predicted molar refractivity (Wildman–Crippen MR) is 176 cm³/mol. The Bertz CT molecular complexity index is 1790. The van der Waals surface area contributed by atoms with Crippen LogP contribution in [0.15, 0.2) is 77.7 Å². The second kappa shape index (κ2) is 13.5. The number of benzene rings is 3. The van der Waals surface area contributed by atoms with Crippen LogP contribution in [0.4, 0.5) is 26.7 Å². The van der Waals surface area contributed by atoms with Gasteiger partial charge < -0.3 is 24.8 Å². The molecule has 11 heteroatoms. The molecule has 3 N–H and O–H groups in total. The number of fused-ring (bicyclic) bond motifs is 1. The number of nitrogens with one attached hydrogen (secondary N) is 3. The van der Waals surface area contributed by atoms with E-state index in [9.17, 15) is 19.2 Å². The van der Waals surface area contributed by atoms with Crippen molar-refractivity contribution >= 4 is 45.9 Å². The van der Waals surface area contributed by atoms with Crippen molar-refractivity contribution in [2.24, 2.45) is 0 Å². The molecule has 1 fully saturated rings. The summed E-state index contributed by atoms with van der Waals surface area (Å²) in [6.45, 7) is 5.53. The molecule has 0 saturated carbocycles. The molecule has 0 aliphatic carbocycles. The van der Waals surface area contributed by atoms with Crippen LogP contribution in [0.1, 0.15) is 29.5 Å². The first-order valence-corrected chi connectivity index (χ1v) is 14.8. The van der Waals surface area contributed by atoms with E-state index in [1.807, 2.05) is 56.3 Å². The van der Waals surface area contributed by atoms with Gasteiger partial charge in [-0.05, 0) is 65.4 Å². The summed E-state index contributed by atoms with van der Waals surface area (Å²) >= 11 is 0. The zero-order valence-corrected chi connectivity index (χ0v) is 25.9. The van der Waals surface area contributed by atoms with Crippen molar-refractivity contribution in [3.8, 4) is 0 Å². The molecule has 4 amide bonds. The molecule has 1 aliphatic heterocycles. The molecular weight excluding hydrogens is 572 g/mol. The average Bonchev–Trinajstić information content (AvgIpc) is 3.36. The summed E-state index contributed by atoms with van der Waals surface area (Å²) in [7, 11) is 3.42. The molecule has 0 bridgehead atoms. The number of rotatable bonds is 10. The van der Waals surface area contributed by atoms with Crippen LogP contribution in [0.2, 0.25) is 0 Å². The highest BCUT2D eigenvalue weighted by atomic mass is 16.5. The first-order chi connectivity index (χ1) is 21.6. The summed E-state index contributed by atoms with van der Waals surface area (Å²) in [5.41, 5.74) is 4.55. The number of likely N-dealkylation sites (N-methyl/N-ethyl adjacent to an activating group) is 2. The molecule has 0 spiro atoms. The van der Waals surface area contributed by atoms with Gasteiger partial charge in [0, 0.05) is 62.6 Å². The molecule has 1 aromatic heterocycles. The Labute approximate surface area is 261 Å². The largest absolute Gasteiger partial charge is 0.449 e. The van der Waals surface area contributed by atoms with E-state index in [2.05, 4.69) is 15.6 Å². The van der Waals surface area contributed by atoms with Gasteiger partial charge in [0.05, 0.1) is 18.8 Å². The van der Waals surface area contributed by atoms with Crippen molar-refractivity contribution in [1.82, 2.24) is 14.8 Å². The molecule has 45 heavy (non-hydrogen) atoms. The van der Waals surface area contributed by atoms with E-state index >= 15 is 0 Å². The zero-order chi connectivity index (χ0) is 32.1. The maximum atomic E-state index is 13.2. The zero-order valence-electron chi connectivity index (χ0n) is 25.9. The van der Waals surface area contributed by atoms with E-state index in [1.54, 1.807) is 59.3 Å². The van der Waals surface area contributed by atoms with E-state index in [4.69, 9.17) is 4.74 Å². The third-order valence-electron chi connectivity index (χ3n) is 8.07. The number of pyridine rings is 1. The van der Waals surface area contributed by atoms with Gasteiger partial charge in [0.25, 0.3) is 5.56 Å². The second-order valence-electron chi connectivity index (χ2n) is 11.4. The van der Waals surface area contributed by atoms with Gasteiger partial charge in [-0.2, -0.15) is 0 Å². The quantitative estimate of drug-likeness (QED) is 0.229. The van der Waals surface area contributed by atoms with Crippen LogP contribution in [-0.4, -0.2) is 73.2 Å². The van der Waals surface area contributed by atoms with Gasteiger partial charge >= 0.3 is 12.1 Å². The number of aromatic amines is 1. The Morgan fingerprint density at radius 2 is 1.80 bits per heavy atom. The van der Waals surface area contributed by atoms with Crippen LogP contribution in [-0.2, 0) is 16.1 Å². The van der Waals surface area contributed by atoms with Gasteiger partial charge in [0.1, 0.15) is 0 Å². The van der Waals surface area contributed by atoms with Crippen LogP contribution in [0.25, 0.3) is 10.8 Å². The van der Waals surface area contributed by atoms with Crippen molar-refractivity contribution in [3.05, 3.63) is 100.0 Å². The summed E-state index contributed by atoms with van der Waals surface area (Å²) < 4.78 is 5.53. The van der Waals surface area contributed by atoms with E-state index in [-0.39, 0.29) is 43.1 Å². The number of aryl methyl sites for hydroxylation is 1. The lowest BCUT2D eigenvalue weighted by atomic mass is 9.97. The lowest BCUT2D eigenvalue weighted by molar-refractivity contribution is -0.128. The number of amides is 4. The Kier molecular flexibility index (Phi) is 9.36. The number of hydrogen-bond acceptors (Lipinski definition) is 6. The van der Waals surface area contributed by atoms with Crippen molar-refractivity contribution in [2.45, 2.75) is 26.3 Å². The second-order valence-corrected chi connectivity index (χ2v) is 11.4. The Balaban J connectivity index is 1.27. The van der Waals surface area contributed by atoms with Gasteiger partial charge in [-0.25, -0.2) is 9.59 Å². The van der Waals surface area contributed by atoms with Gasteiger partial charge in [-0.3, -0.25) is 19.8 Å². The molecule has 1 aliphatic rings. The summed E-state index contributed by atoms with van der Waals surface area (Å²) in [5, 5.41) is 7.23. The number of urea groups is 1. The molecule has 1 atom stereocenters. The minimum atomic E-state index is -0.589. The summed E-state index contributed by atoms with van der Waals surface area (Å²) in [5.74, 6) is -0.174. The molecule has 0 radical (unpaired) electrons. The third-order valence-corrected chi connectivity index (χ3v) is 8.07. The fourth-order valence-electron chi connectivity index (χ4n) is 5.46. The molecule has 234 valence electrons. The van der Waals surface area contributed by atoms with Crippen LogP contribution in [0.5, 0.6) is 0 Å². The number of anilines is 3. The maximum Gasteiger partial charge on any atom is 0.411 e. The Morgan fingerprint density at radius 1 is 1.02 bits per heavy atom. The van der Waals surface area contributed by atoms with Crippen molar-refractivity contribution in [1.29, 1.82) is 0 Å². The number of nitrogens with zero attached hydrogens (tertiary/aromatic N) is 3. The van der Waals surface area contributed by atoms with Crippen molar-refractivity contribution in [3.63, 3.8) is 0 Å². The van der Waals surface area contributed by atoms with Gasteiger partial charge in [0.15, 0.2) is 0 Å². The molecule has 4 aromatic rings. The molecule has 1 unspecified atom stereocenters. The number of carbonyl (C=O) groups is 3. The summed E-state index contributed by atoms with van der Waals surface area (Å²) in [6, 6.07) is 20.3.